The summed E-state index contributed by atoms with van der Waals surface area (Å²) in [5, 5.41) is 8.76. The normalized spacial score (nSPS) is 10.1. The molecule has 0 aliphatic heterocycles. The van der Waals surface area contributed by atoms with Crippen molar-refractivity contribution in [2.75, 3.05) is 6.61 Å². The average Bonchev–Trinajstić information content (AvgIpc) is 2.11. The molecule has 0 aliphatic carbocycles. The topological polar surface area (TPSA) is 46.5 Å². The molecule has 1 N–H and O–H groups in total. The smallest absolute Gasteiger partial charge is 0.307 e. The van der Waals surface area contributed by atoms with Crippen LogP contribution in [0.3, 0.4) is 0 Å². The Morgan fingerprint density at radius 3 is 2.27 bits per heavy atom. The van der Waals surface area contributed by atoms with Crippen LogP contribution in [0.5, 0.6) is 5.75 Å². The molecule has 0 fully saturated rings. The minimum atomic E-state index is -0.801. The van der Waals surface area contributed by atoms with Crippen LogP contribution in [0, 0.1) is 13.8 Å². The molecule has 3 nitrogen and oxygen atoms in total. The Labute approximate surface area is 89.7 Å². The van der Waals surface area contributed by atoms with Crippen molar-refractivity contribution in [2.24, 2.45) is 0 Å². The van der Waals surface area contributed by atoms with Crippen molar-refractivity contribution < 1.29 is 14.6 Å². The number of aryl methyl sites for hydroxylation is 2. The zero-order valence-electron chi connectivity index (χ0n) is 9.33. The van der Waals surface area contributed by atoms with Crippen molar-refractivity contribution in [1.29, 1.82) is 0 Å². The van der Waals surface area contributed by atoms with Gasteiger partial charge in [-0.05, 0) is 49.6 Å². The summed E-state index contributed by atoms with van der Waals surface area (Å²) in [7, 11) is 0. The lowest BCUT2D eigenvalue weighted by molar-refractivity contribution is -0.136. The van der Waals surface area contributed by atoms with Gasteiger partial charge >= 0.3 is 5.97 Å². The fraction of sp³-hybridized carbons (Fsp3) is 0.417. The first-order chi connectivity index (χ1) is 7.04. The number of rotatable bonds is 4. The maximum atomic E-state index is 10.7. The number of carboxylic acid groups (broad SMARTS) is 1. The summed E-state index contributed by atoms with van der Waals surface area (Å²) >= 11 is 0. The van der Waals surface area contributed by atoms with Gasteiger partial charge in [-0.15, -0.1) is 0 Å². The molecule has 0 heterocycles. The first kappa shape index (κ1) is 11.6. The Morgan fingerprint density at radius 1 is 1.33 bits per heavy atom. The molecule has 0 saturated heterocycles. The molecule has 0 saturated carbocycles. The first-order valence-corrected chi connectivity index (χ1v) is 4.99. The van der Waals surface area contributed by atoms with Crippen LogP contribution in [0.4, 0.5) is 0 Å². The van der Waals surface area contributed by atoms with E-state index in [-0.39, 0.29) is 6.42 Å². The highest BCUT2D eigenvalue weighted by Gasteiger charge is 2.09. The summed E-state index contributed by atoms with van der Waals surface area (Å²) in [5.74, 6) is 0.00648. The van der Waals surface area contributed by atoms with E-state index in [2.05, 4.69) is 0 Å². The van der Waals surface area contributed by atoms with E-state index in [0.29, 0.717) is 6.61 Å². The van der Waals surface area contributed by atoms with Crippen molar-refractivity contribution in [2.45, 2.75) is 27.2 Å². The van der Waals surface area contributed by atoms with Gasteiger partial charge in [-0.25, -0.2) is 0 Å². The molecule has 1 aromatic carbocycles. The Balaban J connectivity index is 3.03. The van der Waals surface area contributed by atoms with Crippen LogP contribution in [0.15, 0.2) is 12.1 Å². The Hall–Kier alpha value is -1.51. The highest BCUT2D eigenvalue weighted by atomic mass is 16.5. The van der Waals surface area contributed by atoms with Gasteiger partial charge in [0.2, 0.25) is 0 Å². The number of aliphatic carboxylic acids is 1. The van der Waals surface area contributed by atoms with Crippen LogP contribution in [-0.2, 0) is 11.2 Å². The summed E-state index contributed by atoms with van der Waals surface area (Å²) in [5.41, 5.74) is 2.83. The number of benzene rings is 1. The molecule has 0 atom stereocenters. The van der Waals surface area contributed by atoms with Gasteiger partial charge in [0, 0.05) is 0 Å². The lowest BCUT2D eigenvalue weighted by atomic mass is 10.00. The number of hydrogen-bond acceptors (Lipinski definition) is 2. The van der Waals surface area contributed by atoms with E-state index in [1.807, 2.05) is 32.9 Å². The number of carbonyl (C=O) groups is 1. The molecular formula is C12H16O3. The van der Waals surface area contributed by atoms with E-state index in [1.54, 1.807) is 0 Å². The van der Waals surface area contributed by atoms with Gasteiger partial charge in [-0.2, -0.15) is 0 Å². The third kappa shape index (κ3) is 2.98. The third-order valence-electron chi connectivity index (χ3n) is 2.31. The van der Waals surface area contributed by atoms with Gasteiger partial charge in [-0.3, -0.25) is 4.79 Å². The van der Waals surface area contributed by atoms with E-state index in [0.717, 1.165) is 22.4 Å². The summed E-state index contributed by atoms with van der Waals surface area (Å²) in [6.45, 7) is 6.37. The number of carboxylic acids is 1. The fourth-order valence-corrected chi connectivity index (χ4v) is 1.63. The molecule has 0 aliphatic rings. The molecule has 0 bridgehead atoms. The zero-order valence-corrected chi connectivity index (χ0v) is 9.33. The second-order valence-electron chi connectivity index (χ2n) is 3.54. The molecule has 15 heavy (non-hydrogen) atoms. The maximum absolute atomic E-state index is 10.7. The standard InChI is InChI=1S/C12H16O3/c1-4-15-10-5-8(2)11(7-12(13)14)9(3)6-10/h5-6H,4,7H2,1-3H3,(H,13,14). The van der Waals surface area contributed by atoms with Crippen LogP contribution in [0.1, 0.15) is 23.6 Å². The van der Waals surface area contributed by atoms with E-state index in [4.69, 9.17) is 9.84 Å². The van der Waals surface area contributed by atoms with Gasteiger partial charge in [0.15, 0.2) is 0 Å². The Kier molecular flexibility index (Phi) is 3.72. The highest BCUT2D eigenvalue weighted by Crippen LogP contribution is 2.22. The van der Waals surface area contributed by atoms with Crippen molar-refractivity contribution in [3.63, 3.8) is 0 Å². The molecule has 0 radical (unpaired) electrons. The molecule has 0 amide bonds. The van der Waals surface area contributed by atoms with Gasteiger partial charge in [0.25, 0.3) is 0 Å². The summed E-state index contributed by atoms with van der Waals surface area (Å²) in [6.07, 6.45) is 0.0735. The van der Waals surface area contributed by atoms with Crippen molar-refractivity contribution >= 4 is 5.97 Å². The van der Waals surface area contributed by atoms with Crippen LogP contribution in [-0.4, -0.2) is 17.7 Å². The lowest BCUT2D eigenvalue weighted by Crippen LogP contribution is -2.05. The molecule has 1 rings (SSSR count). The Morgan fingerprint density at radius 2 is 1.87 bits per heavy atom. The van der Waals surface area contributed by atoms with Gasteiger partial charge in [0.05, 0.1) is 13.0 Å². The van der Waals surface area contributed by atoms with Gasteiger partial charge < -0.3 is 9.84 Å². The van der Waals surface area contributed by atoms with Gasteiger partial charge in [-0.1, -0.05) is 0 Å². The van der Waals surface area contributed by atoms with Crippen LogP contribution >= 0.6 is 0 Å². The summed E-state index contributed by atoms with van der Waals surface area (Å²) in [6, 6.07) is 3.77. The first-order valence-electron chi connectivity index (χ1n) is 4.99. The molecule has 3 heteroatoms. The van der Waals surface area contributed by atoms with E-state index >= 15 is 0 Å². The molecule has 0 aromatic heterocycles. The monoisotopic (exact) mass is 208 g/mol. The van der Waals surface area contributed by atoms with Crippen LogP contribution < -0.4 is 4.74 Å². The lowest BCUT2D eigenvalue weighted by Gasteiger charge is -2.11. The summed E-state index contributed by atoms with van der Waals surface area (Å²) in [4.78, 5) is 10.7. The van der Waals surface area contributed by atoms with Crippen LogP contribution in [0.2, 0.25) is 0 Å². The fourth-order valence-electron chi connectivity index (χ4n) is 1.63. The third-order valence-corrected chi connectivity index (χ3v) is 2.31. The van der Waals surface area contributed by atoms with Crippen molar-refractivity contribution in [3.8, 4) is 5.75 Å². The van der Waals surface area contributed by atoms with E-state index in [9.17, 15) is 4.79 Å². The second-order valence-corrected chi connectivity index (χ2v) is 3.54. The predicted octanol–water partition coefficient (Wildman–Crippen LogP) is 2.33. The van der Waals surface area contributed by atoms with Crippen LogP contribution in [0.25, 0.3) is 0 Å². The summed E-state index contributed by atoms with van der Waals surface area (Å²) < 4.78 is 5.38. The Bertz CT molecular complexity index is 346. The predicted molar refractivity (Wildman–Crippen MR) is 58.4 cm³/mol. The van der Waals surface area contributed by atoms with Crippen molar-refractivity contribution in [1.82, 2.24) is 0 Å². The SMILES string of the molecule is CCOc1cc(C)c(CC(=O)O)c(C)c1. The second kappa shape index (κ2) is 4.82. The quantitative estimate of drug-likeness (QED) is 0.826. The minimum Gasteiger partial charge on any atom is -0.494 e. The molecule has 0 unspecified atom stereocenters. The average molecular weight is 208 g/mol. The zero-order chi connectivity index (χ0) is 11.4. The number of ether oxygens (including phenoxy) is 1. The number of hydrogen-bond donors (Lipinski definition) is 1. The van der Waals surface area contributed by atoms with Crippen molar-refractivity contribution in [3.05, 3.63) is 28.8 Å². The molecule has 82 valence electrons. The highest BCUT2D eigenvalue weighted by molar-refractivity contribution is 5.71. The molecule has 0 spiro atoms. The molecular weight excluding hydrogens is 192 g/mol. The minimum absolute atomic E-state index is 0.0735. The van der Waals surface area contributed by atoms with E-state index < -0.39 is 5.97 Å². The maximum Gasteiger partial charge on any atom is 0.307 e. The molecule has 1 aromatic rings. The van der Waals surface area contributed by atoms with E-state index in [1.165, 1.54) is 0 Å². The van der Waals surface area contributed by atoms with Gasteiger partial charge in [0.1, 0.15) is 5.75 Å². The largest absolute Gasteiger partial charge is 0.494 e.